The lowest BCUT2D eigenvalue weighted by atomic mass is 10.2. The minimum atomic E-state index is -0.984. The van der Waals surface area contributed by atoms with Gasteiger partial charge in [0.15, 0.2) is 6.20 Å². The van der Waals surface area contributed by atoms with Crippen molar-refractivity contribution >= 4 is 17.4 Å². The topological polar surface area (TPSA) is 75.8 Å². The SMILES string of the molecule is C/C(=N/Nc1ccccc1C(=O)O)c1cccc[nH+]1. The molecule has 0 radical (unpaired) electrons. The summed E-state index contributed by atoms with van der Waals surface area (Å²) in [6.07, 6.45) is 1.81. The van der Waals surface area contributed by atoms with Gasteiger partial charge in [-0.3, -0.25) is 5.43 Å². The zero-order valence-electron chi connectivity index (χ0n) is 10.4. The number of carbonyl (C=O) groups is 1. The Morgan fingerprint density at radius 1 is 1.21 bits per heavy atom. The van der Waals surface area contributed by atoms with E-state index in [1.165, 1.54) is 6.07 Å². The van der Waals surface area contributed by atoms with E-state index in [1.807, 2.05) is 25.1 Å². The normalized spacial score (nSPS) is 11.1. The summed E-state index contributed by atoms with van der Waals surface area (Å²) >= 11 is 0. The number of hydrogen-bond acceptors (Lipinski definition) is 3. The summed E-state index contributed by atoms with van der Waals surface area (Å²) in [5.41, 5.74) is 5.03. The van der Waals surface area contributed by atoms with Crippen LogP contribution in [0.2, 0.25) is 0 Å². The van der Waals surface area contributed by atoms with E-state index in [4.69, 9.17) is 5.11 Å². The van der Waals surface area contributed by atoms with Gasteiger partial charge in [0, 0.05) is 12.1 Å². The third-order valence-electron chi connectivity index (χ3n) is 2.60. The summed E-state index contributed by atoms with van der Waals surface area (Å²) in [4.78, 5) is 14.1. The largest absolute Gasteiger partial charge is 0.478 e. The van der Waals surface area contributed by atoms with Gasteiger partial charge in [-0.1, -0.05) is 12.1 Å². The number of hydrazone groups is 1. The predicted molar refractivity (Wildman–Crippen MR) is 72.2 cm³/mol. The maximum atomic E-state index is 11.0. The molecular formula is C14H14N3O2+. The van der Waals surface area contributed by atoms with Crippen LogP contribution in [0.4, 0.5) is 5.69 Å². The second-order valence-electron chi connectivity index (χ2n) is 3.94. The van der Waals surface area contributed by atoms with Gasteiger partial charge >= 0.3 is 5.97 Å². The summed E-state index contributed by atoms with van der Waals surface area (Å²) in [7, 11) is 0. The maximum absolute atomic E-state index is 11.0. The molecule has 2 aromatic rings. The number of H-pyrrole nitrogens is 1. The lowest BCUT2D eigenvalue weighted by Crippen LogP contribution is -2.15. The Labute approximate surface area is 110 Å². The molecule has 0 bridgehead atoms. The third kappa shape index (κ3) is 3.16. The summed E-state index contributed by atoms with van der Waals surface area (Å²) in [6.45, 7) is 1.84. The van der Waals surface area contributed by atoms with Crippen LogP contribution in [-0.2, 0) is 0 Å². The fourth-order valence-corrected chi connectivity index (χ4v) is 1.59. The number of rotatable bonds is 4. The van der Waals surface area contributed by atoms with Crippen LogP contribution in [0.3, 0.4) is 0 Å². The van der Waals surface area contributed by atoms with Crippen molar-refractivity contribution in [3.8, 4) is 0 Å². The zero-order valence-corrected chi connectivity index (χ0v) is 10.4. The highest BCUT2D eigenvalue weighted by atomic mass is 16.4. The molecule has 0 aliphatic rings. The Morgan fingerprint density at radius 3 is 2.63 bits per heavy atom. The summed E-state index contributed by atoms with van der Waals surface area (Å²) in [5.74, 6) is -0.984. The van der Waals surface area contributed by atoms with Crippen LogP contribution >= 0.6 is 0 Å². The number of nitrogens with one attached hydrogen (secondary N) is 2. The Bertz CT molecular complexity index is 609. The second kappa shape index (κ2) is 5.77. The average Bonchev–Trinajstić information content (AvgIpc) is 2.46. The van der Waals surface area contributed by atoms with Crippen LogP contribution in [0.15, 0.2) is 53.8 Å². The highest BCUT2D eigenvalue weighted by Gasteiger charge is 2.09. The highest BCUT2D eigenvalue weighted by molar-refractivity contribution is 5.97. The Hall–Kier alpha value is -2.69. The van der Waals surface area contributed by atoms with E-state index in [0.29, 0.717) is 5.69 Å². The van der Waals surface area contributed by atoms with E-state index in [0.717, 1.165) is 11.4 Å². The van der Waals surface area contributed by atoms with Crippen LogP contribution in [0.25, 0.3) is 0 Å². The molecule has 0 saturated heterocycles. The number of aromatic amines is 1. The number of anilines is 1. The number of para-hydroxylation sites is 1. The minimum Gasteiger partial charge on any atom is -0.478 e. The Balaban J connectivity index is 2.21. The fraction of sp³-hybridized carbons (Fsp3) is 0.0714. The fourth-order valence-electron chi connectivity index (χ4n) is 1.59. The zero-order chi connectivity index (χ0) is 13.7. The number of pyridine rings is 1. The molecule has 2 rings (SSSR count). The summed E-state index contributed by atoms with van der Waals surface area (Å²) in [6, 6.07) is 12.3. The van der Waals surface area contributed by atoms with Crippen molar-refractivity contribution in [3.05, 3.63) is 59.9 Å². The van der Waals surface area contributed by atoms with Crippen molar-refractivity contribution < 1.29 is 14.9 Å². The van der Waals surface area contributed by atoms with Gasteiger partial charge in [0.05, 0.1) is 11.3 Å². The van der Waals surface area contributed by atoms with E-state index in [1.54, 1.807) is 24.4 Å². The number of nitrogens with zero attached hydrogens (tertiary/aromatic N) is 1. The predicted octanol–water partition coefficient (Wildman–Crippen LogP) is 2.04. The van der Waals surface area contributed by atoms with Crippen molar-refractivity contribution in [3.63, 3.8) is 0 Å². The Morgan fingerprint density at radius 2 is 1.95 bits per heavy atom. The molecule has 0 aliphatic carbocycles. The first-order valence-electron chi connectivity index (χ1n) is 5.78. The molecule has 0 aliphatic heterocycles. The summed E-state index contributed by atoms with van der Waals surface area (Å²) in [5, 5.41) is 13.2. The van der Waals surface area contributed by atoms with Gasteiger partial charge in [0.1, 0.15) is 5.71 Å². The lowest BCUT2D eigenvalue weighted by molar-refractivity contribution is -0.380. The molecule has 1 heterocycles. The minimum absolute atomic E-state index is 0.191. The first-order valence-corrected chi connectivity index (χ1v) is 5.78. The van der Waals surface area contributed by atoms with Crippen LogP contribution in [0.5, 0.6) is 0 Å². The van der Waals surface area contributed by atoms with Crippen molar-refractivity contribution in [1.29, 1.82) is 0 Å². The van der Waals surface area contributed by atoms with E-state index in [9.17, 15) is 4.79 Å². The molecular weight excluding hydrogens is 242 g/mol. The molecule has 0 fully saturated rings. The number of hydrogen-bond donors (Lipinski definition) is 2. The molecule has 0 spiro atoms. The van der Waals surface area contributed by atoms with Crippen molar-refractivity contribution in [1.82, 2.24) is 0 Å². The van der Waals surface area contributed by atoms with Crippen molar-refractivity contribution in [2.45, 2.75) is 6.92 Å². The first-order chi connectivity index (χ1) is 9.18. The third-order valence-corrected chi connectivity index (χ3v) is 2.60. The average molecular weight is 256 g/mol. The Kier molecular flexibility index (Phi) is 3.87. The quantitative estimate of drug-likeness (QED) is 0.649. The standard InChI is InChI=1S/C14H13N3O2/c1-10(12-7-4-5-9-15-12)16-17-13-8-3-2-6-11(13)14(18)19/h2-9,17H,1H3,(H,18,19)/p+1/b16-10-. The maximum Gasteiger partial charge on any atom is 0.337 e. The number of aromatic nitrogens is 1. The number of aromatic carboxylic acids is 1. The van der Waals surface area contributed by atoms with Gasteiger partial charge in [-0.25, -0.2) is 9.78 Å². The number of carboxylic acid groups (broad SMARTS) is 1. The molecule has 0 saturated carbocycles. The van der Waals surface area contributed by atoms with E-state index >= 15 is 0 Å². The van der Waals surface area contributed by atoms with Gasteiger partial charge in [-0.2, -0.15) is 5.10 Å². The molecule has 0 amide bonds. The molecule has 1 aromatic carbocycles. The van der Waals surface area contributed by atoms with Crippen LogP contribution in [0, 0.1) is 0 Å². The van der Waals surface area contributed by atoms with Crippen molar-refractivity contribution in [2.24, 2.45) is 5.10 Å². The smallest absolute Gasteiger partial charge is 0.337 e. The number of carboxylic acids is 1. The van der Waals surface area contributed by atoms with Gasteiger partial charge in [0.25, 0.3) is 0 Å². The molecule has 3 N–H and O–H groups in total. The van der Waals surface area contributed by atoms with Gasteiger partial charge < -0.3 is 5.11 Å². The second-order valence-corrected chi connectivity index (χ2v) is 3.94. The number of benzene rings is 1. The molecule has 0 atom stereocenters. The van der Waals surface area contributed by atoms with Crippen molar-refractivity contribution in [2.75, 3.05) is 5.43 Å². The molecule has 1 aromatic heterocycles. The molecule has 96 valence electrons. The van der Waals surface area contributed by atoms with Gasteiger partial charge in [0.2, 0.25) is 5.69 Å². The molecule has 5 heteroatoms. The van der Waals surface area contributed by atoms with Crippen LogP contribution < -0.4 is 10.4 Å². The molecule has 0 unspecified atom stereocenters. The highest BCUT2D eigenvalue weighted by Crippen LogP contribution is 2.14. The van der Waals surface area contributed by atoms with Crippen LogP contribution in [0.1, 0.15) is 23.0 Å². The van der Waals surface area contributed by atoms with Gasteiger partial charge in [-0.05, 0) is 25.1 Å². The van der Waals surface area contributed by atoms with E-state index in [2.05, 4.69) is 15.5 Å². The monoisotopic (exact) mass is 256 g/mol. The van der Waals surface area contributed by atoms with Crippen LogP contribution in [-0.4, -0.2) is 16.8 Å². The van der Waals surface area contributed by atoms with E-state index < -0.39 is 5.97 Å². The summed E-state index contributed by atoms with van der Waals surface area (Å²) < 4.78 is 0. The lowest BCUT2D eigenvalue weighted by Gasteiger charge is -2.04. The first kappa shape index (κ1) is 12.8. The van der Waals surface area contributed by atoms with Gasteiger partial charge in [-0.15, -0.1) is 0 Å². The molecule has 5 nitrogen and oxygen atoms in total. The molecule has 19 heavy (non-hydrogen) atoms. The van der Waals surface area contributed by atoms with E-state index in [-0.39, 0.29) is 5.56 Å².